The summed E-state index contributed by atoms with van der Waals surface area (Å²) in [6.45, 7) is 1.95. The second-order valence-electron chi connectivity index (χ2n) is 4.02. The van der Waals surface area contributed by atoms with Gasteiger partial charge in [-0.25, -0.2) is 13.4 Å². The minimum Gasteiger partial charge on any atom is -0.344 e. The van der Waals surface area contributed by atoms with Crippen molar-refractivity contribution >= 4 is 27.9 Å². The Morgan fingerprint density at radius 3 is 2.65 bits per heavy atom. The van der Waals surface area contributed by atoms with Gasteiger partial charge < -0.3 is 5.32 Å². The molecule has 0 unspecified atom stereocenters. The Balaban J connectivity index is 2.32. The molecule has 0 amide bonds. The Hall–Kier alpha value is -2.21. The average molecular weight is 289 g/mol. The molecule has 0 saturated carbocycles. The van der Waals surface area contributed by atoms with Gasteiger partial charge in [-0.15, -0.1) is 0 Å². The van der Waals surface area contributed by atoms with Crippen molar-refractivity contribution in [2.24, 2.45) is 4.99 Å². The summed E-state index contributed by atoms with van der Waals surface area (Å²) in [7, 11) is -2.71. The van der Waals surface area contributed by atoms with Crippen LogP contribution in [0.4, 0.5) is 11.4 Å². The van der Waals surface area contributed by atoms with E-state index in [-0.39, 0.29) is 4.90 Å². The molecule has 5 nitrogen and oxygen atoms in total. The lowest BCUT2D eigenvalue weighted by atomic mass is 10.3. The summed E-state index contributed by atoms with van der Waals surface area (Å²) in [5, 5.41) is 3.18. The zero-order valence-electron chi connectivity index (χ0n) is 11.0. The van der Waals surface area contributed by atoms with Gasteiger partial charge in [0.1, 0.15) is 10.7 Å². The van der Waals surface area contributed by atoms with Crippen molar-refractivity contribution in [2.75, 3.05) is 5.32 Å². The highest BCUT2D eigenvalue weighted by Crippen LogP contribution is 2.20. The van der Waals surface area contributed by atoms with E-state index >= 15 is 0 Å². The maximum Gasteiger partial charge on any atom is 0.171 e. The van der Waals surface area contributed by atoms with Gasteiger partial charge in [0.15, 0.2) is 10.7 Å². The summed E-state index contributed by atoms with van der Waals surface area (Å²) < 4.78 is 22.3. The van der Waals surface area contributed by atoms with Crippen molar-refractivity contribution in [1.82, 2.24) is 4.98 Å². The molecule has 0 atom stereocenters. The lowest BCUT2D eigenvalue weighted by Crippen LogP contribution is -2.10. The highest BCUT2D eigenvalue weighted by molar-refractivity contribution is 7.72. The normalized spacial score (nSPS) is 11.6. The zero-order valence-corrected chi connectivity index (χ0v) is 11.9. The molecule has 2 rings (SSSR count). The molecule has 0 fully saturated rings. The summed E-state index contributed by atoms with van der Waals surface area (Å²) >= 11 is 0. The monoisotopic (exact) mass is 289 g/mol. The highest BCUT2D eigenvalue weighted by atomic mass is 32.2. The number of pyridine rings is 1. The van der Waals surface area contributed by atoms with E-state index in [0.29, 0.717) is 17.9 Å². The van der Waals surface area contributed by atoms with Crippen molar-refractivity contribution in [1.29, 1.82) is 0 Å². The van der Waals surface area contributed by atoms with Gasteiger partial charge in [-0.05, 0) is 18.2 Å². The lowest BCUT2D eigenvalue weighted by Gasteiger charge is -2.08. The van der Waals surface area contributed by atoms with E-state index in [1.807, 2.05) is 37.3 Å². The van der Waals surface area contributed by atoms with E-state index in [4.69, 9.17) is 0 Å². The van der Waals surface area contributed by atoms with Gasteiger partial charge in [0.2, 0.25) is 0 Å². The SMILES string of the molecule is CC/C(=N/c1ccncc1[SH](=O)=O)Nc1ccccc1. The molecular weight excluding hydrogens is 274 g/mol. The van der Waals surface area contributed by atoms with Crippen molar-refractivity contribution in [3.8, 4) is 0 Å². The topological polar surface area (TPSA) is 71.4 Å². The van der Waals surface area contributed by atoms with E-state index in [1.165, 1.54) is 12.4 Å². The number of hydrogen-bond donors (Lipinski definition) is 2. The molecule has 1 aromatic heterocycles. The number of benzene rings is 1. The van der Waals surface area contributed by atoms with Gasteiger partial charge in [0, 0.05) is 24.5 Å². The van der Waals surface area contributed by atoms with E-state index in [0.717, 1.165) is 5.69 Å². The Kier molecular flexibility index (Phi) is 4.84. The van der Waals surface area contributed by atoms with Gasteiger partial charge >= 0.3 is 0 Å². The molecule has 0 aliphatic carbocycles. The smallest absolute Gasteiger partial charge is 0.171 e. The minimum absolute atomic E-state index is 0.128. The van der Waals surface area contributed by atoms with Gasteiger partial charge in [-0.3, -0.25) is 4.98 Å². The maximum absolute atomic E-state index is 11.2. The maximum atomic E-state index is 11.2. The first-order valence-corrected chi connectivity index (χ1v) is 7.36. The molecule has 1 heterocycles. The van der Waals surface area contributed by atoms with Crippen LogP contribution in [0.25, 0.3) is 0 Å². The molecule has 2 aromatic rings. The highest BCUT2D eigenvalue weighted by Gasteiger charge is 2.05. The third-order valence-corrected chi connectivity index (χ3v) is 3.37. The summed E-state index contributed by atoms with van der Waals surface area (Å²) in [5.74, 6) is 0.695. The quantitative estimate of drug-likeness (QED) is 0.515. The number of nitrogens with zero attached hydrogens (tertiary/aromatic N) is 2. The third kappa shape index (κ3) is 3.64. The Morgan fingerprint density at radius 2 is 2.00 bits per heavy atom. The average Bonchev–Trinajstić information content (AvgIpc) is 2.48. The fourth-order valence-corrected chi connectivity index (χ4v) is 2.12. The van der Waals surface area contributed by atoms with Crippen LogP contribution in [0.1, 0.15) is 13.3 Å². The number of thiol groups is 1. The van der Waals surface area contributed by atoms with Gasteiger partial charge in [-0.1, -0.05) is 25.1 Å². The van der Waals surface area contributed by atoms with Crippen molar-refractivity contribution < 1.29 is 8.42 Å². The molecule has 0 saturated heterocycles. The first-order chi connectivity index (χ1) is 9.70. The van der Waals surface area contributed by atoms with Crippen LogP contribution in [0.2, 0.25) is 0 Å². The number of rotatable bonds is 4. The molecule has 0 aliphatic rings. The van der Waals surface area contributed by atoms with E-state index in [2.05, 4.69) is 15.3 Å². The second kappa shape index (κ2) is 6.81. The van der Waals surface area contributed by atoms with Crippen LogP contribution < -0.4 is 5.32 Å². The van der Waals surface area contributed by atoms with Gasteiger partial charge in [0.25, 0.3) is 0 Å². The minimum atomic E-state index is -2.71. The number of para-hydroxylation sites is 1. The predicted octanol–water partition coefficient (Wildman–Crippen LogP) is 2.60. The van der Waals surface area contributed by atoms with Crippen LogP contribution in [0.5, 0.6) is 0 Å². The number of nitrogens with one attached hydrogen (secondary N) is 1. The number of amidine groups is 1. The molecule has 20 heavy (non-hydrogen) atoms. The predicted molar refractivity (Wildman–Crippen MR) is 80.3 cm³/mol. The fourth-order valence-electron chi connectivity index (χ4n) is 1.64. The largest absolute Gasteiger partial charge is 0.344 e. The van der Waals surface area contributed by atoms with Crippen LogP contribution in [0.15, 0.2) is 58.7 Å². The van der Waals surface area contributed by atoms with Gasteiger partial charge in [0.05, 0.1) is 5.69 Å². The zero-order chi connectivity index (χ0) is 14.4. The molecular formula is C14H15N3O2S. The van der Waals surface area contributed by atoms with Gasteiger partial charge in [-0.2, -0.15) is 0 Å². The standard InChI is InChI=1S/C14H15N3O2S/c1-2-14(16-11-6-4-3-5-7-11)17-12-8-9-15-10-13(12)20(18)19/h3-10,20H,2H2,1H3,(H,15,16,17). The van der Waals surface area contributed by atoms with Crippen molar-refractivity contribution in [3.63, 3.8) is 0 Å². The third-order valence-electron chi connectivity index (χ3n) is 2.63. The van der Waals surface area contributed by atoms with Crippen LogP contribution in [-0.4, -0.2) is 19.2 Å². The first kappa shape index (κ1) is 14.2. The van der Waals surface area contributed by atoms with E-state index < -0.39 is 10.7 Å². The molecule has 0 bridgehead atoms. The van der Waals surface area contributed by atoms with E-state index in [1.54, 1.807) is 6.07 Å². The van der Waals surface area contributed by atoms with Crippen LogP contribution in [0.3, 0.4) is 0 Å². The number of anilines is 1. The molecule has 0 radical (unpaired) electrons. The Labute approximate surface area is 119 Å². The first-order valence-electron chi connectivity index (χ1n) is 6.18. The van der Waals surface area contributed by atoms with E-state index in [9.17, 15) is 8.42 Å². The molecule has 6 heteroatoms. The molecule has 1 aromatic carbocycles. The molecule has 0 aliphatic heterocycles. The molecule has 0 spiro atoms. The van der Waals surface area contributed by atoms with Crippen molar-refractivity contribution in [3.05, 3.63) is 48.8 Å². The fraction of sp³-hybridized carbons (Fsp3) is 0.143. The summed E-state index contributed by atoms with van der Waals surface area (Å²) in [6.07, 6.45) is 3.49. The number of aromatic nitrogens is 1. The van der Waals surface area contributed by atoms with Crippen molar-refractivity contribution in [2.45, 2.75) is 18.2 Å². The lowest BCUT2D eigenvalue weighted by molar-refractivity contribution is 0.614. The Morgan fingerprint density at radius 1 is 1.25 bits per heavy atom. The molecule has 104 valence electrons. The summed E-state index contributed by atoms with van der Waals surface area (Å²) in [5.41, 5.74) is 1.31. The Bertz CT molecular complexity index is 674. The number of aliphatic imine (C=N–C) groups is 1. The number of hydrogen-bond acceptors (Lipinski definition) is 4. The molecule has 1 N–H and O–H groups in total. The van der Waals surface area contributed by atoms with Crippen LogP contribution >= 0.6 is 0 Å². The van der Waals surface area contributed by atoms with Crippen LogP contribution in [0, 0.1) is 0 Å². The van der Waals surface area contributed by atoms with Crippen LogP contribution in [-0.2, 0) is 10.7 Å². The summed E-state index contributed by atoms with van der Waals surface area (Å²) in [6, 6.07) is 11.2. The summed E-state index contributed by atoms with van der Waals surface area (Å²) in [4.78, 5) is 8.31. The second-order valence-corrected chi connectivity index (χ2v) is 5.02.